The molecule has 0 bridgehead atoms. The minimum atomic E-state index is -0.331. The van der Waals surface area contributed by atoms with Gasteiger partial charge in [-0.05, 0) is 36.4 Å². The third-order valence-corrected chi connectivity index (χ3v) is 3.92. The summed E-state index contributed by atoms with van der Waals surface area (Å²) >= 11 is 0. The van der Waals surface area contributed by atoms with E-state index in [1.807, 2.05) is 41.1 Å². The number of ether oxygens (including phenoxy) is 2. The fourth-order valence-electron chi connectivity index (χ4n) is 2.73. The predicted molar refractivity (Wildman–Crippen MR) is 90.2 cm³/mol. The molecule has 0 radical (unpaired) electrons. The zero-order valence-corrected chi connectivity index (χ0v) is 13.0. The van der Waals surface area contributed by atoms with Crippen molar-refractivity contribution in [1.82, 2.24) is 14.8 Å². The Morgan fingerprint density at radius 1 is 1.12 bits per heavy atom. The molecule has 6 nitrogen and oxygen atoms in total. The second kappa shape index (κ2) is 5.73. The first-order valence-corrected chi connectivity index (χ1v) is 7.49. The van der Waals surface area contributed by atoms with Crippen LogP contribution in [0.15, 0.2) is 54.9 Å². The van der Waals surface area contributed by atoms with E-state index in [4.69, 9.17) is 9.47 Å². The number of methoxy groups -OCH3 is 1. The number of carbonyl (C=O) groups is 1. The van der Waals surface area contributed by atoms with Crippen molar-refractivity contribution >= 4 is 27.8 Å². The van der Waals surface area contributed by atoms with E-state index >= 15 is 0 Å². The van der Waals surface area contributed by atoms with E-state index in [0.717, 1.165) is 27.6 Å². The minimum Gasteiger partial charge on any atom is -0.497 e. The van der Waals surface area contributed by atoms with Gasteiger partial charge in [-0.1, -0.05) is 0 Å². The third-order valence-electron chi connectivity index (χ3n) is 3.92. The van der Waals surface area contributed by atoms with Crippen molar-refractivity contribution in [3.8, 4) is 11.5 Å². The monoisotopic (exact) mass is 321 g/mol. The van der Waals surface area contributed by atoms with Crippen LogP contribution in [0, 0.1) is 0 Å². The van der Waals surface area contributed by atoms with Gasteiger partial charge in [0.25, 0.3) is 0 Å². The summed E-state index contributed by atoms with van der Waals surface area (Å²) < 4.78 is 12.5. The Labute approximate surface area is 137 Å². The lowest BCUT2D eigenvalue weighted by Crippen LogP contribution is -2.15. The summed E-state index contributed by atoms with van der Waals surface area (Å²) in [7, 11) is 1.63. The van der Waals surface area contributed by atoms with Gasteiger partial charge in [0, 0.05) is 28.6 Å². The van der Waals surface area contributed by atoms with E-state index in [1.165, 1.54) is 0 Å². The van der Waals surface area contributed by atoms with Crippen molar-refractivity contribution in [2.45, 2.75) is 6.54 Å². The van der Waals surface area contributed by atoms with E-state index in [-0.39, 0.29) is 12.5 Å². The maximum atomic E-state index is 12.2. The van der Waals surface area contributed by atoms with Gasteiger partial charge < -0.3 is 14.0 Å². The SMILES string of the molecule is COc1ccc2c(ccn2CC(=O)Oc2ccc3cn[nH]c3c2)c1. The number of esters is 1. The van der Waals surface area contributed by atoms with Crippen LogP contribution < -0.4 is 9.47 Å². The van der Waals surface area contributed by atoms with Crippen molar-refractivity contribution in [2.75, 3.05) is 7.11 Å². The fraction of sp³-hybridized carbons (Fsp3) is 0.111. The normalized spacial score (nSPS) is 11.0. The molecule has 0 amide bonds. The van der Waals surface area contributed by atoms with E-state index in [2.05, 4.69) is 10.2 Å². The van der Waals surface area contributed by atoms with Crippen LogP contribution in [0.4, 0.5) is 0 Å². The summed E-state index contributed by atoms with van der Waals surface area (Å²) in [6, 6.07) is 13.1. The van der Waals surface area contributed by atoms with Gasteiger partial charge in [-0.2, -0.15) is 5.10 Å². The summed E-state index contributed by atoms with van der Waals surface area (Å²) in [5.74, 6) is 0.952. The number of benzene rings is 2. The Kier molecular flexibility index (Phi) is 3.42. The number of hydrogen-bond acceptors (Lipinski definition) is 4. The van der Waals surface area contributed by atoms with Crippen molar-refractivity contribution in [1.29, 1.82) is 0 Å². The first-order chi connectivity index (χ1) is 11.7. The molecule has 0 unspecified atom stereocenters. The highest BCUT2D eigenvalue weighted by Crippen LogP contribution is 2.22. The highest BCUT2D eigenvalue weighted by molar-refractivity contribution is 5.84. The number of aromatic nitrogens is 3. The maximum Gasteiger partial charge on any atom is 0.331 e. The number of carbonyl (C=O) groups excluding carboxylic acids is 1. The van der Waals surface area contributed by atoms with E-state index in [1.54, 1.807) is 25.4 Å². The number of fused-ring (bicyclic) bond motifs is 2. The Balaban J connectivity index is 1.53. The highest BCUT2D eigenvalue weighted by Gasteiger charge is 2.10. The van der Waals surface area contributed by atoms with Gasteiger partial charge in [0.15, 0.2) is 0 Å². The second-order valence-electron chi connectivity index (χ2n) is 5.46. The first-order valence-electron chi connectivity index (χ1n) is 7.49. The molecule has 0 aliphatic heterocycles. The van der Waals surface area contributed by atoms with Crippen LogP contribution in [0.3, 0.4) is 0 Å². The van der Waals surface area contributed by atoms with Crippen molar-refractivity contribution in [3.05, 3.63) is 54.9 Å². The molecular weight excluding hydrogens is 306 g/mol. The lowest BCUT2D eigenvalue weighted by Gasteiger charge is -2.07. The van der Waals surface area contributed by atoms with Crippen LogP contribution in [-0.4, -0.2) is 27.8 Å². The lowest BCUT2D eigenvalue weighted by atomic mass is 10.2. The van der Waals surface area contributed by atoms with Crippen LogP contribution >= 0.6 is 0 Å². The second-order valence-corrected chi connectivity index (χ2v) is 5.46. The smallest absolute Gasteiger partial charge is 0.331 e. The number of nitrogens with zero attached hydrogens (tertiary/aromatic N) is 2. The van der Waals surface area contributed by atoms with Crippen LogP contribution in [0.25, 0.3) is 21.8 Å². The van der Waals surface area contributed by atoms with Gasteiger partial charge in [-0.3, -0.25) is 5.10 Å². The van der Waals surface area contributed by atoms with Crippen LogP contribution in [-0.2, 0) is 11.3 Å². The molecule has 0 saturated heterocycles. The highest BCUT2D eigenvalue weighted by atomic mass is 16.5. The van der Waals surface area contributed by atoms with Crippen molar-refractivity contribution < 1.29 is 14.3 Å². The standard InChI is InChI=1S/C18H15N3O3/c1-23-14-4-5-17-12(8-14)6-7-21(17)11-18(22)24-15-3-2-13-10-19-20-16(13)9-15/h2-10H,11H2,1H3,(H,19,20). The quantitative estimate of drug-likeness (QED) is 0.463. The van der Waals surface area contributed by atoms with Crippen LogP contribution in [0.5, 0.6) is 11.5 Å². The summed E-state index contributed by atoms with van der Waals surface area (Å²) in [5, 5.41) is 8.79. The molecule has 6 heteroatoms. The number of aromatic amines is 1. The molecule has 24 heavy (non-hydrogen) atoms. The molecule has 0 spiro atoms. The molecule has 4 rings (SSSR count). The maximum absolute atomic E-state index is 12.2. The molecule has 0 aliphatic rings. The molecule has 2 aromatic heterocycles. The molecule has 2 aromatic carbocycles. The van der Waals surface area contributed by atoms with Gasteiger partial charge in [-0.25, -0.2) is 4.79 Å². The van der Waals surface area contributed by atoms with Gasteiger partial charge in [0.2, 0.25) is 0 Å². The molecule has 0 fully saturated rings. The van der Waals surface area contributed by atoms with Gasteiger partial charge in [0.1, 0.15) is 18.0 Å². The molecule has 0 aliphatic carbocycles. The van der Waals surface area contributed by atoms with E-state index in [0.29, 0.717) is 5.75 Å². The Morgan fingerprint density at radius 2 is 2.00 bits per heavy atom. The molecule has 0 saturated carbocycles. The van der Waals surface area contributed by atoms with Gasteiger partial charge >= 0.3 is 5.97 Å². The molecular formula is C18H15N3O3. The number of H-pyrrole nitrogens is 1. The summed E-state index contributed by atoms with van der Waals surface area (Å²) in [5.41, 5.74) is 1.79. The lowest BCUT2D eigenvalue weighted by molar-refractivity contribution is -0.134. The Hall–Kier alpha value is -3.28. The molecule has 1 N–H and O–H groups in total. The number of rotatable bonds is 4. The van der Waals surface area contributed by atoms with E-state index < -0.39 is 0 Å². The van der Waals surface area contributed by atoms with Gasteiger partial charge in [-0.15, -0.1) is 0 Å². The third kappa shape index (κ3) is 2.58. The minimum absolute atomic E-state index is 0.136. The summed E-state index contributed by atoms with van der Waals surface area (Å²) in [6.45, 7) is 0.136. The molecule has 4 aromatic rings. The summed E-state index contributed by atoms with van der Waals surface area (Å²) in [6.07, 6.45) is 3.59. The van der Waals surface area contributed by atoms with Gasteiger partial charge in [0.05, 0.1) is 18.8 Å². The molecule has 120 valence electrons. The van der Waals surface area contributed by atoms with Crippen LogP contribution in [0.1, 0.15) is 0 Å². The zero-order valence-electron chi connectivity index (χ0n) is 13.0. The zero-order chi connectivity index (χ0) is 16.5. The van der Waals surface area contributed by atoms with Crippen molar-refractivity contribution in [3.63, 3.8) is 0 Å². The first kappa shape index (κ1) is 14.3. The van der Waals surface area contributed by atoms with Crippen molar-refractivity contribution in [2.24, 2.45) is 0 Å². The fourth-order valence-corrected chi connectivity index (χ4v) is 2.73. The predicted octanol–water partition coefficient (Wildman–Crippen LogP) is 3.13. The largest absolute Gasteiger partial charge is 0.497 e. The molecule has 2 heterocycles. The Morgan fingerprint density at radius 3 is 2.88 bits per heavy atom. The molecule has 0 atom stereocenters. The average molecular weight is 321 g/mol. The van der Waals surface area contributed by atoms with E-state index in [9.17, 15) is 4.79 Å². The topological polar surface area (TPSA) is 69.1 Å². The summed E-state index contributed by atoms with van der Waals surface area (Å²) in [4.78, 5) is 12.2. The number of hydrogen-bond donors (Lipinski definition) is 1. The Bertz CT molecular complexity index is 1030. The number of nitrogens with one attached hydrogen (secondary N) is 1. The average Bonchev–Trinajstić information content (AvgIpc) is 3.21. The van der Waals surface area contributed by atoms with Crippen LogP contribution in [0.2, 0.25) is 0 Å².